The monoisotopic (exact) mass is 235 g/mol. The Hall–Kier alpha value is -1.97. The normalized spacial score (nSPS) is 10.1. The Morgan fingerprint density at radius 1 is 1.41 bits per heavy atom. The van der Waals surface area contributed by atoms with Crippen LogP contribution in [0.15, 0.2) is 30.9 Å². The summed E-state index contributed by atoms with van der Waals surface area (Å²) < 4.78 is 10.9. The fourth-order valence-electron chi connectivity index (χ4n) is 1.29. The second-order valence-corrected chi connectivity index (χ2v) is 3.82. The summed E-state index contributed by atoms with van der Waals surface area (Å²) in [6, 6.07) is 4.90. The molecule has 0 aliphatic heterocycles. The third kappa shape index (κ3) is 4.18. The molecule has 1 rings (SSSR count). The molecule has 0 bridgehead atoms. The van der Waals surface area contributed by atoms with Crippen LogP contribution in [0.2, 0.25) is 0 Å². The molecule has 0 spiro atoms. The minimum Gasteiger partial charge on any atom is -0.491 e. The molecule has 0 saturated heterocycles. The first-order valence-electron chi connectivity index (χ1n) is 5.38. The third-order valence-corrected chi connectivity index (χ3v) is 1.90. The van der Waals surface area contributed by atoms with E-state index < -0.39 is 5.91 Å². The van der Waals surface area contributed by atoms with Gasteiger partial charge in [-0.3, -0.25) is 4.79 Å². The van der Waals surface area contributed by atoms with Gasteiger partial charge in [-0.25, -0.2) is 0 Å². The molecule has 2 N–H and O–H groups in total. The van der Waals surface area contributed by atoms with Crippen molar-refractivity contribution in [3.63, 3.8) is 0 Å². The summed E-state index contributed by atoms with van der Waals surface area (Å²) in [5.41, 5.74) is 5.60. The summed E-state index contributed by atoms with van der Waals surface area (Å²) in [7, 11) is 0. The van der Waals surface area contributed by atoms with Crippen molar-refractivity contribution in [1.82, 2.24) is 0 Å². The first kappa shape index (κ1) is 13.1. The van der Waals surface area contributed by atoms with Gasteiger partial charge >= 0.3 is 0 Å². The van der Waals surface area contributed by atoms with Gasteiger partial charge in [0.1, 0.15) is 18.1 Å². The van der Waals surface area contributed by atoms with Crippen LogP contribution >= 0.6 is 0 Å². The maximum Gasteiger partial charge on any atom is 0.248 e. The summed E-state index contributed by atoms with van der Waals surface area (Å²) in [6.07, 6.45) is 1.64. The molecule has 1 aromatic rings. The smallest absolute Gasteiger partial charge is 0.248 e. The number of amides is 1. The van der Waals surface area contributed by atoms with Crippen LogP contribution in [-0.2, 0) is 0 Å². The van der Waals surface area contributed by atoms with Crippen LogP contribution in [0.25, 0.3) is 0 Å². The highest BCUT2D eigenvalue weighted by atomic mass is 16.5. The maximum atomic E-state index is 11.2. The second-order valence-electron chi connectivity index (χ2n) is 3.82. The van der Waals surface area contributed by atoms with Gasteiger partial charge in [-0.1, -0.05) is 12.7 Å². The van der Waals surface area contributed by atoms with E-state index in [2.05, 4.69) is 6.58 Å². The summed E-state index contributed by atoms with van der Waals surface area (Å²) in [5.74, 6) is 0.592. The van der Waals surface area contributed by atoms with Crippen molar-refractivity contribution >= 4 is 5.91 Å². The van der Waals surface area contributed by atoms with Crippen molar-refractivity contribution in [2.75, 3.05) is 6.61 Å². The number of carbonyl (C=O) groups excluding carboxylic acids is 1. The lowest BCUT2D eigenvalue weighted by molar-refractivity contribution is 0.0999. The number of benzene rings is 1. The summed E-state index contributed by atoms with van der Waals surface area (Å²) in [5, 5.41) is 0. The van der Waals surface area contributed by atoms with Crippen LogP contribution in [-0.4, -0.2) is 18.6 Å². The Bertz CT molecular complexity index is 413. The number of hydrogen-bond acceptors (Lipinski definition) is 3. The van der Waals surface area contributed by atoms with Crippen LogP contribution in [0.5, 0.6) is 11.5 Å². The molecule has 1 amide bonds. The average Bonchev–Trinajstić information content (AvgIpc) is 2.25. The topological polar surface area (TPSA) is 61.6 Å². The lowest BCUT2D eigenvalue weighted by Gasteiger charge is -2.12. The molecule has 0 saturated carbocycles. The summed E-state index contributed by atoms with van der Waals surface area (Å²) in [6.45, 7) is 7.73. The van der Waals surface area contributed by atoms with Gasteiger partial charge in [-0.15, -0.1) is 0 Å². The van der Waals surface area contributed by atoms with E-state index in [1.165, 1.54) is 0 Å². The van der Waals surface area contributed by atoms with Crippen molar-refractivity contribution in [3.05, 3.63) is 36.4 Å². The summed E-state index contributed by atoms with van der Waals surface area (Å²) in [4.78, 5) is 11.2. The molecule has 0 radical (unpaired) electrons. The van der Waals surface area contributed by atoms with Crippen LogP contribution in [0.3, 0.4) is 0 Å². The van der Waals surface area contributed by atoms with E-state index in [4.69, 9.17) is 15.2 Å². The quantitative estimate of drug-likeness (QED) is 0.768. The molecule has 0 heterocycles. The second kappa shape index (κ2) is 5.94. The number of rotatable bonds is 6. The number of primary amides is 1. The Morgan fingerprint density at radius 2 is 2.06 bits per heavy atom. The molecule has 4 heteroatoms. The van der Waals surface area contributed by atoms with Gasteiger partial charge in [0.15, 0.2) is 0 Å². The maximum absolute atomic E-state index is 11.2. The zero-order valence-electron chi connectivity index (χ0n) is 10.1. The van der Waals surface area contributed by atoms with Gasteiger partial charge in [0.25, 0.3) is 0 Å². The lowest BCUT2D eigenvalue weighted by Crippen LogP contribution is -2.12. The first-order valence-corrected chi connectivity index (χ1v) is 5.38. The van der Waals surface area contributed by atoms with Gasteiger partial charge in [0.2, 0.25) is 5.91 Å². The Labute approximate surface area is 101 Å². The molecular weight excluding hydrogens is 218 g/mol. The van der Waals surface area contributed by atoms with E-state index in [-0.39, 0.29) is 6.10 Å². The van der Waals surface area contributed by atoms with Crippen LogP contribution in [0.4, 0.5) is 0 Å². The molecule has 0 aliphatic carbocycles. The molecule has 0 atom stereocenters. The fourth-order valence-corrected chi connectivity index (χ4v) is 1.29. The van der Waals surface area contributed by atoms with E-state index in [1.807, 2.05) is 13.8 Å². The zero-order chi connectivity index (χ0) is 12.8. The number of ether oxygens (including phenoxy) is 2. The molecular formula is C13H17NO3. The molecule has 92 valence electrons. The molecule has 17 heavy (non-hydrogen) atoms. The van der Waals surface area contributed by atoms with Gasteiger partial charge in [-0.2, -0.15) is 0 Å². The van der Waals surface area contributed by atoms with Crippen LogP contribution in [0.1, 0.15) is 24.2 Å². The molecule has 4 nitrogen and oxygen atoms in total. The van der Waals surface area contributed by atoms with Crippen molar-refractivity contribution in [2.45, 2.75) is 20.0 Å². The Balaban J connectivity index is 3.00. The number of carbonyl (C=O) groups is 1. The highest BCUT2D eigenvalue weighted by Gasteiger charge is 2.08. The van der Waals surface area contributed by atoms with Crippen molar-refractivity contribution in [2.24, 2.45) is 5.73 Å². The van der Waals surface area contributed by atoms with E-state index >= 15 is 0 Å². The minimum absolute atomic E-state index is 0.0189. The lowest BCUT2D eigenvalue weighted by atomic mass is 10.2. The fraction of sp³-hybridized carbons (Fsp3) is 0.308. The van der Waals surface area contributed by atoms with Crippen molar-refractivity contribution in [3.8, 4) is 11.5 Å². The number of nitrogens with two attached hydrogens (primary N) is 1. The van der Waals surface area contributed by atoms with Gasteiger partial charge in [0.05, 0.1) is 6.10 Å². The van der Waals surface area contributed by atoms with Gasteiger partial charge in [0, 0.05) is 11.6 Å². The predicted octanol–water partition coefficient (Wildman–Crippen LogP) is 2.14. The molecule has 0 aromatic heterocycles. The van der Waals surface area contributed by atoms with Gasteiger partial charge < -0.3 is 15.2 Å². The van der Waals surface area contributed by atoms with Crippen molar-refractivity contribution < 1.29 is 14.3 Å². The Kier molecular flexibility index (Phi) is 4.57. The first-order chi connectivity index (χ1) is 8.02. The van der Waals surface area contributed by atoms with Crippen LogP contribution < -0.4 is 15.2 Å². The van der Waals surface area contributed by atoms with E-state index in [1.54, 1.807) is 24.3 Å². The number of hydrogen-bond donors (Lipinski definition) is 1. The standard InChI is InChI=1S/C13H17NO3/c1-4-5-16-11-6-10(13(14)15)7-12(8-11)17-9(2)3/h4,6-9H,1,5H2,2-3H3,(H2,14,15). The summed E-state index contributed by atoms with van der Waals surface area (Å²) >= 11 is 0. The zero-order valence-corrected chi connectivity index (χ0v) is 10.1. The average molecular weight is 235 g/mol. The van der Waals surface area contributed by atoms with Crippen molar-refractivity contribution in [1.29, 1.82) is 0 Å². The van der Waals surface area contributed by atoms with E-state index in [0.717, 1.165) is 0 Å². The van der Waals surface area contributed by atoms with E-state index in [0.29, 0.717) is 23.7 Å². The molecule has 0 unspecified atom stereocenters. The molecule has 0 aliphatic rings. The molecule has 0 fully saturated rings. The minimum atomic E-state index is -0.511. The highest BCUT2D eigenvalue weighted by molar-refractivity contribution is 5.93. The van der Waals surface area contributed by atoms with Gasteiger partial charge in [-0.05, 0) is 26.0 Å². The molecule has 1 aromatic carbocycles. The SMILES string of the molecule is C=CCOc1cc(OC(C)C)cc(C(N)=O)c1. The highest BCUT2D eigenvalue weighted by Crippen LogP contribution is 2.23. The third-order valence-electron chi connectivity index (χ3n) is 1.90. The Morgan fingerprint density at radius 3 is 2.59 bits per heavy atom. The predicted molar refractivity (Wildman–Crippen MR) is 66.4 cm³/mol. The van der Waals surface area contributed by atoms with Crippen LogP contribution in [0, 0.1) is 0 Å². The largest absolute Gasteiger partial charge is 0.491 e. The van der Waals surface area contributed by atoms with E-state index in [9.17, 15) is 4.79 Å².